The minimum atomic E-state index is -2.69. The quantitative estimate of drug-likeness (QED) is 0.0468. The van der Waals surface area contributed by atoms with Gasteiger partial charge >= 0.3 is 42.8 Å². The van der Waals surface area contributed by atoms with Crippen molar-refractivity contribution in [1.29, 1.82) is 0 Å². The molecule has 360 valence electrons. The summed E-state index contributed by atoms with van der Waals surface area (Å²) in [7, 11) is -13.4. The Morgan fingerprint density at radius 2 is 0.350 bits per heavy atom. The molecule has 0 aromatic heterocycles. The fourth-order valence-corrected chi connectivity index (χ4v) is 39.2. The predicted molar refractivity (Wildman–Crippen MR) is 277 cm³/mol. The Balaban J connectivity index is 3.64. The van der Waals surface area contributed by atoms with Crippen molar-refractivity contribution >= 4 is 42.8 Å². The van der Waals surface area contributed by atoms with Crippen molar-refractivity contribution < 1.29 is 20.6 Å². The van der Waals surface area contributed by atoms with E-state index in [9.17, 15) is 0 Å². The zero-order valence-corrected chi connectivity index (χ0v) is 48.6. The summed E-state index contributed by atoms with van der Waals surface area (Å²) >= 11 is 0. The number of hydrogen-bond acceptors (Lipinski definition) is 5. The molecule has 10 heteroatoms. The molecule has 0 saturated carbocycles. The van der Waals surface area contributed by atoms with Crippen molar-refractivity contribution in [2.45, 2.75) is 293 Å². The van der Waals surface area contributed by atoms with E-state index >= 15 is 0 Å². The minimum absolute atomic E-state index is 0.782. The van der Waals surface area contributed by atoms with Crippen LogP contribution in [0.25, 0.3) is 0 Å². The first-order valence-corrected chi connectivity index (χ1v) is 39.2. The van der Waals surface area contributed by atoms with Crippen molar-refractivity contribution in [2.75, 3.05) is 0 Å². The van der Waals surface area contributed by atoms with Crippen LogP contribution in [0, 0.1) is 29.6 Å². The third-order valence-electron chi connectivity index (χ3n) is 13.0. The largest absolute Gasteiger partial charge is 0.416 e. The second-order valence-corrected chi connectivity index (χ2v) is 40.8. The smallest absolute Gasteiger partial charge is 0.317 e. The van der Waals surface area contributed by atoms with Gasteiger partial charge < -0.3 is 20.6 Å². The Morgan fingerprint density at radius 1 is 0.217 bits per heavy atom. The summed E-state index contributed by atoms with van der Waals surface area (Å²) < 4.78 is 39.0. The molecule has 0 spiro atoms. The Bertz CT molecular complexity index is 845. The molecule has 1 fully saturated rings. The van der Waals surface area contributed by atoms with E-state index in [0.717, 1.165) is 59.8 Å². The maximum Gasteiger partial charge on any atom is 0.317 e. The molecule has 1 heterocycles. The molecule has 0 atom stereocenters. The maximum atomic E-state index is 7.80. The van der Waals surface area contributed by atoms with E-state index < -0.39 is 42.8 Å². The first-order valence-electron chi connectivity index (χ1n) is 26.6. The van der Waals surface area contributed by atoms with Gasteiger partial charge in [0.1, 0.15) is 0 Å². The summed E-state index contributed by atoms with van der Waals surface area (Å²) in [5.74, 6) is 3.91. The second kappa shape index (κ2) is 31.7. The average molecular weight is 932 g/mol. The van der Waals surface area contributed by atoms with Crippen LogP contribution in [0.2, 0.25) is 63.0 Å². The third-order valence-corrected chi connectivity index (χ3v) is 36.6. The van der Waals surface area contributed by atoms with Gasteiger partial charge in [-0.25, -0.2) is 0 Å². The van der Waals surface area contributed by atoms with Crippen LogP contribution >= 0.6 is 0 Å². The second-order valence-electron chi connectivity index (χ2n) is 22.9. The Labute approximate surface area is 383 Å². The molecule has 1 saturated heterocycles. The molecule has 0 aromatic rings. The molecular weight excluding hydrogens is 821 g/mol. The molecule has 1 aliphatic heterocycles. The van der Waals surface area contributed by atoms with E-state index in [2.05, 4.69) is 102 Å². The number of rotatable bonds is 35. The fraction of sp³-hybridized carbons (Fsp3) is 1.00. The minimum Gasteiger partial charge on any atom is -0.416 e. The van der Waals surface area contributed by atoms with E-state index in [1.54, 1.807) is 0 Å². The zero-order valence-electron chi connectivity index (χ0n) is 43.6. The molecule has 0 N–H and O–H groups in total. The monoisotopic (exact) mass is 931 g/mol. The number of unbranched alkanes of at least 4 members (excludes halogenated alkanes) is 15. The number of hydrogen-bond donors (Lipinski definition) is 0. The van der Waals surface area contributed by atoms with Gasteiger partial charge in [0.2, 0.25) is 0 Å². The summed E-state index contributed by atoms with van der Waals surface area (Å²) in [5, 5.41) is 0. The summed E-state index contributed by atoms with van der Waals surface area (Å²) in [4.78, 5) is 0. The van der Waals surface area contributed by atoms with Crippen LogP contribution in [0.4, 0.5) is 0 Å². The van der Waals surface area contributed by atoms with Gasteiger partial charge in [-0.3, -0.25) is 0 Å². The van der Waals surface area contributed by atoms with E-state index in [1.165, 1.54) is 161 Å². The molecule has 1 rings (SSSR count). The highest BCUT2D eigenvalue weighted by Crippen LogP contribution is 2.40. The van der Waals surface area contributed by atoms with Gasteiger partial charge in [0, 0.05) is 0 Å². The Kier molecular flexibility index (Phi) is 31.2. The van der Waals surface area contributed by atoms with E-state index in [1.807, 2.05) is 0 Å². The van der Waals surface area contributed by atoms with Crippen LogP contribution in [0.1, 0.15) is 230 Å². The molecule has 0 aliphatic carbocycles. The Morgan fingerprint density at radius 3 is 0.483 bits per heavy atom. The van der Waals surface area contributed by atoms with Gasteiger partial charge in [0.15, 0.2) is 0 Å². The van der Waals surface area contributed by atoms with Gasteiger partial charge in [-0.05, 0) is 92.5 Å². The lowest BCUT2D eigenvalue weighted by molar-refractivity contribution is 0.220. The van der Waals surface area contributed by atoms with Gasteiger partial charge in [0.05, 0.1) is 0 Å². The predicted octanol–water partition coefficient (Wildman–Crippen LogP) is 18.5. The first kappa shape index (κ1) is 58.9. The van der Waals surface area contributed by atoms with Crippen LogP contribution in [0.5, 0.6) is 0 Å². The van der Waals surface area contributed by atoms with Gasteiger partial charge in [-0.2, -0.15) is 0 Å². The maximum absolute atomic E-state index is 7.80. The first-order chi connectivity index (χ1) is 28.1. The standard InChI is InChI=1S/C50H110O5Si5/c1-46(2)36-26-16-21-31-41-56(11)51-57(12,42-32-22-17-27-37-47(3)4)53-59(14,44-34-24-19-29-39-49(7)8)55-60(15,45-35-25-20-30-40-50(9)10)54-58(13,52-56)43-33-23-18-28-38-48(5)6/h46-50H,16-45H2,1-15H3. The molecule has 5 nitrogen and oxygen atoms in total. The fourth-order valence-electron chi connectivity index (χ4n) is 9.66. The van der Waals surface area contributed by atoms with Crippen LogP contribution in [-0.2, 0) is 20.6 Å². The van der Waals surface area contributed by atoms with Crippen molar-refractivity contribution in [3.8, 4) is 0 Å². The van der Waals surface area contributed by atoms with Gasteiger partial charge in [0.25, 0.3) is 0 Å². The van der Waals surface area contributed by atoms with Crippen LogP contribution in [-0.4, -0.2) is 42.8 Å². The van der Waals surface area contributed by atoms with Crippen molar-refractivity contribution in [1.82, 2.24) is 0 Å². The summed E-state index contributed by atoms with van der Waals surface area (Å²) in [5.41, 5.74) is 0. The van der Waals surface area contributed by atoms with E-state index in [4.69, 9.17) is 20.6 Å². The zero-order chi connectivity index (χ0) is 45.1. The van der Waals surface area contributed by atoms with Crippen molar-refractivity contribution in [3.63, 3.8) is 0 Å². The van der Waals surface area contributed by atoms with E-state index in [0.29, 0.717) is 0 Å². The summed E-state index contributed by atoms with van der Waals surface area (Å²) in [6.07, 6.45) is 32.1. The average Bonchev–Trinajstić information content (AvgIpc) is 3.11. The highest BCUT2D eigenvalue weighted by atomic mass is 28.5. The molecule has 0 bridgehead atoms. The lowest BCUT2D eigenvalue weighted by Crippen LogP contribution is -2.67. The lowest BCUT2D eigenvalue weighted by atomic mass is 10.0. The molecule has 0 unspecified atom stereocenters. The van der Waals surface area contributed by atoms with E-state index in [-0.39, 0.29) is 0 Å². The summed E-state index contributed by atoms with van der Waals surface area (Å²) in [6.45, 7) is 35.8. The summed E-state index contributed by atoms with van der Waals surface area (Å²) in [6, 6.07) is 5.27. The highest BCUT2D eigenvalue weighted by Gasteiger charge is 2.56. The van der Waals surface area contributed by atoms with Crippen LogP contribution in [0.15, 0.2) is 0 Å². The molecule has 1 aliphatic rings. The van der Waals surface area contributed by atoms with Gasteiger partial charge in [-0.1, -0.05) is 230 Å². The highest BCUT2D eigenvalue weighted by molar-refractivity contribution is 6.94. The lowest BCUT2D eigenvalue weighted by Gasteiger charge is -2.50. The third kappa shape index (κ3) is 30.2. The van der Waals surface area contributed by atoms with Crippen molar-refractivity contribution in [3.05, 3.63) is 0 Å². The molecule has 60 heavy (non-hydrogen) atoms. The normalized spacial score (nSPS) is 27.0. The molecule has 0 aromatic carbocycles. The molecule has 0 radical (unpaired) electrons. The molecular formula is C50H110O5Si5. The Hall–Kier alpha value is 0.884. The molecule has 0 amide bonds. The van der Waals surface area contributed by atoms with Gasteiger partial charge in [-0.15, -0.1) is 0 Å². The van der Waals surface area contributed by atoms with Crippen molar-refractivity contribution in [2.24, 2.45) is 29.6 Å². The van der Waals surface area contributed by atoms with Crippen LogP contribution < -0.4 is 0 Å². The van der Waals surface area contributed by atoms with Crippen LogP contribution in [0.3, 0.4) is 0 Å². The SMILES string of the molecule is CC(C)CCCCCC[Si]1(C)O[Si](C)(CCCCCCC(C)C)O[Si](C)(CCCCCCC(C)C)O[Si](C)(CCCCCCC(C)C)O[Si](C)(CCCCCCC(C)C)O1. The topological polar surface area (TPSA) is 46.2 Å².